The van der Waals surface area contributed by atoms with Crippen LogP contribution in [0.1, 0.15) is 0 Å². The van der Waals surface area contributed by atoms with Gasteiger partial charge in [0.15, 0.2) is 5.16 Å². The molecule has 0 aliphatic carbocycles. The molecule has 0 fully saturated rings. The smallest absolute Gasteiger partial charge is 0.278 e. The van der Waals surface area contributed by atoms with Gasteiger partial charge in [0, 0.05) is 25.5 Å². The Bertz CT molecular complexity index is 1400. The van der Waals surface area contributed by atoms with Gasteiger partial charge in [-0.25, -0.2) is 13.8 Å². The van der Waals surface area contributed by atoms with Crippen LogP contribution < -0.4 is 15.6 Å². The van der Waals surface area contributed by atoms with Crippen molar-refractivity contribution >= 4 is 45.3 Å². The van der Waals surface area contributed by atoms with Crippen molar-refractivity contribution in [1.82, 2.24) is 14.1 Å². The summed E-state index contributed by atoms with van der Waals surface area (Å²) in [7, 11) is 4.92. The number of rotatable bonds is 5. The average molecular weight is 444 g/mol. The van der Waals surface area contributed by atoms with E-state index in [1.807, 2.05) is 12.1 Å². The molecule has 0 aliphatic rings. The number of carbonyl (C=O) groups excluding carboxylic acids is 1. The van der Waals surface area contributed by atoms with Gasteiger partial charge in [0.1, 0.15) is 28.4 Å². The Morgan fingerprint density at radius 2 is 1.94 bits per heavy atom. The Balaban J connectivity index is 1.66. The van der Waals surface area contributed by atoms with E-state index in [0.29, 0.717) is 28.0 Å². The molecule has 2 heterocycles. The number of hydrogen-bond donors (Lipinski definition) is 1. The van der Waals surface area contributed by atoms with Crippen LogP contribution in [0, 0.1) is 11.6 Å². The van der Waals surface area contributed by atoms with E-state index in [1.54, 1.807) is 31.8 Å². The molecule has 0 bridgehead atoms. The van der Waals surface area contributed by atoms with Crippen LogP contribution in [0.15, 0.2) is 46.3 Å². The molecule has 1 amide bonds. The zero-order valence-electron chi connectivity index (χ0n) is 16.9. The number of ether oxygens (including phenoxy) is 1. The maximum atomic E-state index is 13.7. The molecule has 0 radical (unpaired) electrons. The van der Waals surface area contributed by atoms with E-state index < -0.39 is 17.5 Å². The lowest BCUT2D eigenvalue weighted by atomic mass is 10.2. The van der Waals surface area contributed by atoms with E-state index in [1.165, 1.54) is 4.57 Å². The Hall–Kier alpha value is -3.40. The van der Waals surface area contributed by atoms with Crippen LogP contribution >= 0.6 is 11.8 Å². The number of anilines is 1. The summed E-state index contributed by atoms with van der Waals surface area (Å²) in [5, 5.41) is 3.48. The first-order valence-corrected chi connectivity index (χ1v) is 10.2. The van der Waals surface area contributed by atoms with Gasteiger partial charge in [-0.15, -0.1) is 0 Å². The van der Waals surface area contributed by atoms with Gasteiger partial charge in [0.05, 0.1) is 24.1 Å². The lowest BCUT2D eigenvalue weighted by Gasteiger charge is -2.09. The fourth-order valence-electron chi connectivity index (χ4n) is 3.34. The fourth-order valence-corrected chi connectivity index (χ4v) is 4.11. The highest BCUT2D eigenvalue weighted by Gasteiger charge is 2.18. The number of benzene rings is 2. The largest absolute Gasteiger partial charge is 0.497 e. The normalized spacial score (nSPS) is 11.3. The maximum Gasteiger partial charge on any atom is 0.278 e. The minimum Gasteiger partial charge on any atom is -0.497 e. The van der Waals surface area contributed by atoms with Crippen LogP contribution in [0.25, 0.3) is 21.9 Å². The summed E-state index contributed by atoms with van der Waals surface area (Å²) in [5.41, 5.74) is 1.40. The van der Waals surface area contributed by atoms with Gasteiger partial charge in [-0.3, -0.25) is 14.2 Å². The highest BCUT2D eigenvalue weighted by atomic mass is 32.2. The molecule has 0 atom stereocenters. The molecule has 4 rings (SSSR count). The second-order valence-corrected chi connectivity index (χ2v) is 7.80. The number of hydrogen-bond acceptors (Lipinski definition) is 5. The summed E-state index contributed by atoms with van der Waals surface area (Å²) in [5.74, 6) is -1.59. The van der Waals surface area contributed by atoms with Crippen LogP contribution in [-0.2, 0) is 18.9 Å². The zero-order chi connectivity index (χ0) is 22.3. The minimum atomic E-state index is -0.866. The number of amides is 1. The first-order valence-electron chi connectivity index (χ1n) is 9.21. The standard InChI is InChI=1S/C21H18F2N4O3S/c1-26-16-7-5-12(30-3)9-13(16)18-19(26)20(29)27(2)21(25-18)31-10-17(28)24-15-6-4-11(22)8-14(15)23/h4-9H,10H2,1-3H3,(H,24,28). The second kappa shape index (κ2) is 8.03. The van der Waals surface area contributed by atoms with Crippen molar-refractivity contribution in [3.63, 3.8) is 0 Å². The van der Waals surface area contributed by atoms with Crippen molar-refractivity contribution in [2.45, 2.75) is 5.16 Å². The molecule has 1 N–H and O–H groups in total. The molecular formula is C21H18F2N4O3S. The zero-order valence-corrected chi connectivity index (χ0v) is 17.7. The number of aryl methyl sites for hydroxylation is 1. The van der Waals surface area contributed by atoms with E-state index in [4.69, 9.17) is 4.74 Å². The van der Waals surface area contributed by atoms with Gasteiger partial charge in [0.25, 0.3) is 5.56 Å². The molecular weight excluding hydrogens is 426 g/mol. The summed E-state index contributed by atoms with van der Waals surface area (Å²) >= 11 is 1.04. The molecule has 2 aromatic carbocycles. The fraction of sp³-hybridized carbons (Fsp3) is 0.190. The number of methoxy groups -OCH3 is 1. The molecule has 0 spiro atoms. The number of nitrogens with zero attached hydrogens (tertiary/aromatic N) is 3. The Labute approximate surface area is 179 Å². The van der Waals surface area contributed by atoms with Crippen molar-refractivity contribution in [1.29, 1.82) is 0 Å². The third-order valence-electron chi connectivity index (χ3n) is 4.92. The van der Waals surface area contributed by atoms with Crippen LogP contribution in [0.4, 0.5) is 14.5 Å². The Morgan fingerprint density at radius 1 is 1.16 bits per heavy atom. The van der Waals surface area contributed by atoms with Gasteiger partial charge in [0.2, 0.25) is 5.91 Å². The van der Waals surface area contributed by atoms with Crippen LogP contribution in [0.3, 0.4) is 0 Å². The van der Waals surface area contributed by atoms with Crippen molar-refractivity contribution < 1.29 is 18.3 Å². The molecule has 0 saturated carbocycles. The van der Waals surface area contributed by atoms with E-state index in [-0.39, 0.29) is 17.0 Å². The quantitative estimate of drug-likeness (QED) is 0.377. The predicted octanol–water partition coefficient (Wildman–Crippen LogP) is 3.44. The van der Waals surface area contributed by atoms with Crippen molar-refractivity contribution in [2.75, 3.05) is 18.2 Å². The van der Waals surface area contributed by atoms with Crippen LogP contribution in [-0.4, -0.2) is 32.9 Å². The van der Waals surface area contributed by atoms with Crippen molar-refractivity contribution in [3.05, 3.63) is 58.4 Å². The number of aromatic nitrogens is 3. The first kappa shape index (κ1) is 20.9. The molecule has 0 saturated heterocycles. The SMILES string of the molecule is COc1ccc2c(c1)c1nc(SCC(=O)Nc3ccc(F)cc3F)n(C)c(=O)c1n2C. The van der Waals surface area contributed by atoms with Crippen LogP contribution in [0.5, 0.6) is 5.75 Å². The molecule has 160 valence electrons. The van der Waals surface area contributed by atoms with Gasteiger partial charge in [-0.1, -0.05) is 11.8 Å². The van der Waals surface area contributed by atoms with E-state index in [9.17, 15) is 18.4 Å². The number of fused-ring (bicyclic) bond motifs is 3. The lowest BCUT2D eigenvalue weighted by molar-refractivity contribution is -0.113. The van der Waals surface area contributed by atoms with Crippen molar-refractivity contribution in [2.24, 2.45) is 14.1 Å². The second-order valence-electron chi connectivity index (χ2n) is 6.86. The summed E-state index contributed by atoms with van der Waals surface area (Å²) in [6.07, 6.45) is 0. The van der Waals surface area contributed by atoms with Gasteiger partial charge in [-0.2, -0.15) is 0 Å². The van der Waals surface area contributed by atoms with Crippen molar-refractivity contribution in [3.8, 4) is 5.75 Å². The number of thioether (sulfide) groups is 1. The third kappa shape index (κ3) is 3.74. The first-order chi connectivity index (χ1) is 14.8. The Kier molecular flexibility index (Phi) is 5.40. The van der Waals surface area contributed by atoms with E-state index >= 15 is 0 Å². The number of nitrogens with one attached hydrogen (secondary N) is 1. The molecule has 2 aromatic heterocycles. The summed E-state index contributed by atoms with van der Waals surface area (Å²) in [6, 6.07) is 8.36. The monoisotopic (exact) mass is 444 g/mol. The molecule has 4 aromatic rings. The van der Waals surface area contributed by atoms with Gasteiger partial charge >= 0.3 is 0 Å². The highest BCUT2D eigenvalue weighted by Crippen LogP contribution is 2.29. The van der Waals surface area contributed by atoms with Gasteiger partial charge in [-0.05, 0) is 30.3 Å². The number of carbonyl (C=O) groups is 1. The van der Waals surface area contributed by atoms with Gasteiger partial charge < -0.3 is 14.6 Å². The topological polar surface area (TPSA) is 78.2 Å². The summed E-state index contributed by atoms with van der Waals surface area (Å²) in [6.45, 7) is 0. The molecule has 0 unspecified atom stereocenters. The Morgan fingerprint density at radius 3 is 2.65 bits per heavy atom. The number of halogens is 2. The summed E-state index contributed by atoms with van der Waals surface area (Å²) < 4.78 is 35.2. The summed E-state index contributed by atoms with van der Waals surface area (Å²) in [4.78, 5) is 29.8. The average Bonchev–Trinajstić information content (AvgIpc) is 3.03. The predicted molar refractivity (Wildman–Crippen MR) is 116 cm³/mol. The molecule has 10 heteroatoms. The van der Waals surface area contributed by atoms with Crippen LogP contribution in [0.2, 0.25) is 0 Å². The molecule has 31 heavy (non-hydrogen) atoms. The third-order valence-corrected chi connectivity index (χ3v) is 5.95. The lowest BCUT2D eigenvalue weighted by Crippen LogP contribution is -2.22. The molecule has 0 aliphatic heterocycles. The molecule has 7 nitrogen and oxygen atoms in total. The van der Waals surface area contributed by atoms with E-state index in [0.717, 1.165) is 34.8 Å². The maximum absolute atomic E-state index is 13.7. The van der Waals surface area contributed by atoms with E-state index in [2.05, 4.69) is 10.3 Å². The highest BCUT2D eigenvalue weighted by molar-refractivity contribution is 7.99. The minimum absolute atomic E-state index is 0.114.